The Morgan fingerprint density at radius 1 is 1.03 bits per heavy atom. The molecule has 2 fully saturated rings. The summed E-state index contributed by atoms with van der Waals surface area (Å²) in [6.45, 7) is 3.14. The van der Waals surface area contributed by atoms with E-state index in [9.17, 15) is 8.42 Å². The fourth-order valence-electron chi connectivity index (χ4n) is 4.44. The van der Waals surface area contributed by atoms with Gasteiger partial charge in [-0.2, -0.15) is 4.31 Å². The van der Waals surface area contributed by atoms with Gasteiger partial charge in [0, 0.05) is 60.1 Å². The van der Waals surface area contributed by atoms with Crippen LogP contribution in [0.3, 0.4) is 0 Å². The van der Waals surface area contributed by atoms with E-state index in [2.05, 4.69) is 47.1 Å². The summed E-state index contributed by atoms with van der Waals surface area (Å²) < 4.78 is 27.6. The molecule has 0 amide bonds. The summed E-state index contributed by atoms with van der Waals surface area (Å²) in [5, 5.41) is 1.13. The lowest BCUT2D eigenvalue weighted by Gasteiger charge is -2.30. The number of sulfonamides is 1. The zero-order chi connectivity index (χ0) is 20.9. The highest BCUT2D eigenvalue weighted by molar-refractivity contribution is 7.89. The molecule has 2 aliphatic heterocycles. The molecular weight excluding hydrogens is 396 g/mol. The quantitative estimate of drug-likeness (QED) is 0.682. The number of benzene rings is 2. The van der Waals surface area contributed by atoms with E-state index in [0.717, 1.165) is 53.8 Å². The van der Waals surface area contributed by atoms with Crippen LogP contribution in [0, 0.1) is 0 Å². The molecular formula is C23H28N4O2S. The third-order valence-electron chi connectivity index (χ3n) is 6.48. The van der Waals surface area contributed by atoms with Gasteiger partial charge in [0.15, 0.2) is 0 Å². The molecule has 0 bridgehead atoms. The lowest BCUT2D eigenvalue weighted by Crippen LogP contribution is -2.41. The Morgan fingerprint density at radius 3 is 2.50 bits per heavy atom. The first-order valence-electron chi connectivity index (χ1n) is 10.6. The first-order chi connectivity index (χ1) is 14.4. The highest BCUT2D eigenvalue weighted by atomic mass is 32.2. The Labute approximate surface area is 178 Å². The number of rotatable bonds is 5. The number of fused-ring (bicyclic) bond motifs is 1. The zero-order valence-electron chi connectivity index (χ0n) is 17.5. The molecule has 6 nitrogen and oxygen atoms in total. The molecule has 0 saturated carbocycles. The van der Waals surface area contributed by atoms with Crippen molar-refractivity contribution in [3.05, 3.63) is 48.5 Å². The van der Waals surface area contributed by atoms with Gasteiger partial charge in [0.25, 0.3) is 0 Å². The number of hydrogen-bond acceptors (Lipinski definition) is 4. The average Bonchev–Trinajstić information content (AvgIpc) is 3.33. The van der Waals surface area contributed by atoms with E-state index in [1.807, 2.05) is 24.3 Å². The number of hydrogen-bond donors (Lipinski definition) is 1. The number of likely N-dealkylation sites (N-methyl/N-ethyl adjacent to an activating group) is 1. The molecule has 5 rings (SSSR count). The van der Waals surface area contributed by atoms with Gasteiger partial charge >= 0.3 is 0 Å². The van der Waals surface area contributed by atoms with Crippen molar-refractivity contribution in [2.75, 3.05) is 45.2 Å². The number of nitrogens with one attached hydrogen (secondary N) is 1. The zero-order valence-corrected chi connectivity index (χ0v) is 18.3. The second kappa shape index (κ2) is 7.41. The maximum Gasteiger partial charge on any atom is 0.243 e. The number of para-hydroxylation sites is 1. The monoisotopic (exact) mass is 424 g/mol. The van der Waals surface area contributed by atoms with Crippen LogP contribution < -0.4 is 4.90 Å². The molecule has 2 saturated heterocycles. The third kappa shape index (κ3) is 3.31. The van der Waals surface area contributed by atoms with Crippen molar-refractivity contribution in [3.8, 4) is 11.3 Å². The second-order valence-electron chi connectivity index (χ2n) is 8.56. The molecule has 1 unspecified atom stereocenters. The molecule has 3 heterocycles. The molecule has 3 aromatic rings. The predicted octanol–water partition coefficient (Wildman–Crippen LogP) is 3.37. The summed E-state index contributed by atoms with van der Waals surface area (Å²) in [6.07, 6.45) is 2.04. The van der Waals surface area contributed by atoms with Gasteiger partial charge in [-0.1, -0.05) is 18.2 Å². The fourth-order valence-corrected chi connectivity index (χ4v) is 5.99. The van der Waals surface area contributed by atoms with Crippen molar-refractivity contribution in [1.82, 2.24) is 14.2 Å². The first-order valence-corrected chi connectivity index (χ1v) is 12.0. The molecule has 158 valence electrons. The summed E-state index contributed by atoms with van der Waals surface area (Å²) in [5.41, 5.74) is 4.06. The Bertz CT molecular complexity index is 1150. The molecule has 2 aromatic carbocycles. The smallest absolute Gasteiger partial charge is 0.243 e. The third-order valence-corrected chi connectivity index (χ3v) is 8.37. The Morgan fingerprint density at radius 2 is 1.83 bits per heavy atom. The van der Waals surface area contributed by atoms with Gasteiger partial charge in [-0.05, 0) is 57.3 Å². The van der Waals surface area contributed by atoms with Crippen molar-refractivity contribution >= 4 is 26.6 Å². The van der Waals surface area contributed by atoms with Crippen LogP contribution in [0.5, 0.6) is 0 Å². The Kier molecular flexibility index (Phi) is 4.84. The number of aromatic nitrogens is 1. The van der Waals surface area contributed by atoms with E-state index in [1.54, 1.807) is 10.4 Å². The predicted molar refractivity (Wildman–Crippen MR) is 121 cm³/mol. The maximum atomic E-state index is 13.0. The highest BCUT2D eigenvalue weighted by Crippen LogP contribution is 2.37. The van der Waals surface area contributed by atoms with Gasteiger partial charge in [0.1, 0.15) is 0 Å². The van der Waals surface area contributed by atoms with E-state index in [1.165, 1.54) is 0 Å². The van der Waals surface area contributed by atoms with Crippen LogP contribution in [0.4, 0.5) is 5.69 Å². The molecule has 0 aliphatic carbocycles. The van der Waals surface area contributed by atoms with E-state index in [0.29, 0.717) is 24.0 Å². The largest absolute Gasteiger partial charge is 0.369 e. The molecule has 0 spiro atoms. The number of nitrogens with zero attached hydrogens (tertiary/aromatic N) is 3. The van der Waals surface area contributed by atoms with Crippen LogP contribution in [0.1, 0.15) is 12.8 Å². The lowest BCUT2D eigenvalue weighted by atomic mass is 10.1. The van der Waals surface area contributed by atoms with Crippen molar-refractivity contribution in [1.29, 1.82) is 0 Å². The van der Waals surface area contributed by atoms with Crippen molar-refractivity contribution < 1.29 is 8.42 Å². The first kappa shape index (κ1) is 19.6. The van der Waals surface area contributed by atoms with Crippen LogP contribution in [-0.2, 0) is 10.0 Å². The van der Waals surface area contributed by atoms with Crippen molar-refractivity contribution in [3.63, 3.8) is 0 Å². The molecule has 30 heavy (non-hydrogen) atoms. The normalized spacial score (nSPS) is 20.2. The second-order valence-corrected chi connectivity index (χ2v) is 10.5. The minimum atomic E-state index is -3.43. The summed E-state index contributed by atoms with van der Waals surface area (Å²) in [5.74, 6) is 0. The van der Waals surface area contributed by atoms with E-state index < -0.39 is 10.0 Å². The Balaban J connectivity index is 1.61. The van der Waals surface area contributed by atoms with Gasteiger partial charge in [0.2, 0.25) is 10.0 Å². The van der Waals surface area contributed by atoms with Gasteiger partial charge < -0.3 is 14.8 Å². The SMILES string of the molecule is CN(C)C1CCN(c2ccc(S(=O)(=O)N3CCC3)cc2-c2cc3ccccc3[nH]2)C1. The van der Waals surface area contributed by atoms with E-state index in [-0.39, 0.29) is 0 Å². The summed E-state index contributed by atoms with van der Waals surface area (Å²) in [7, 11) is 0.806. The topological polar surface area (TPSA) is 59.7 Å². The fraction of sp³-hybridized carbons (Fsp3) is 0.391. The van der Waals surface area contributed by atoms with Gasteiger partial charge in [-0.25, -0.2) is 8.42 Å². The minimum Gasteiger partial charge on any atom is -0.369 e. The average molecular weight is 425 g/mol. The molecule has 1 atom stereocenters. The molecule has 2 aliphatic rings. The number of H-pyrrole nitrogens is 1. The van der Waals surface area contributed by atoms with Crippen LogP contribution in [-0.4, -0.2) is 68.9 Å². The van der Waals surface area contributed by atoms with Crippen LogP contribution in [0.15, 0.2) is 53.4 Å². The minimum absolute atomic E-state index is 0.378. The maximum absolute atomic E-state index is 13.0. The lowest BCUT2D eigenvalue weighted by molar-refractivity contribution is 0.309. The van der Waals surface area contributed by atoms with Crippen LogP contribution >= 0.6 is 0 Å². The Hall–Kier alpha value is -2.35. The van der Waals surface area contributed by atoms with Gasteiger partial charge in [0.05, 0.1) is 4.90 Å². The highest BCUT2D eigenvalue weighted by Gasteiger charge is 2.31. The van der Waals surface area contributed by atoms with E-state index in [4.69, 9.17) is 0 Å². The van der Waals surface area contributed by atoms with Crippen molar-refractivity contribution in [2.45, 2.75) is 23.8 Å². The molecule has 1 N–H and O–H groups in total. The van der Waals surface area contributed by atoms with Crippen LogP contribution in [0.2, 0.25) is 0 Å². The summed E-state index contributed by atoms with van der Waals surface area (Å²) >= 11 is 0. The summed E-state index contributed by atoms with van der Waals surface area (Å²) in [6, 6.07) is 16.4. The standard InChI is InChI=1S/C23H28N4O2S/c1-25(2)18-10-13-26(16-18)23-9-8-19(30(28,29)27-11-5-12-27)15-20(23)22-14-17-6-3-4-7-21(17)24-22/h3-4,6-9,14-15,18,24H,5,10-13,16H2,1-2H3. The van der Waals surface area contributed by atoms with Crippen molar-refractivity contribution in [2.24, 2.45) is 0 Å². The molecule has 7 heteroatoms. The van der Waals surface area contributed by atoms with Crippen LogP contribution in [0.25, 0.3) is 22.2 Å². The van der Waals surface area contributed by atoms with Gasteiger partial charge in [-0.3, -0.25) is 0 Å². The molecule has 1 aromatic heterocycles. The molecule has 0 radical (unpaired) electrons. The number of aromatic amines is 1. The van der Waals surface area contributed by atoms with Gasteiger partial charge in [-0.15, -0.1) is 0 Å². The summed E-state index contributed by atoms with van der Waals surface area (Å²) in [4.78, 5) is 8.53. The van der Waals surface area contributed by atoms with E-state index >= 15 is 0 Å². The number of anilines is 1.